The first-order chi connectivity index (χ1) is 16.9. The number of carboxylic acids is 1. The van der Waals surface area contributed by atoms with Crippen LogP contribution in [-0.2, 0) is 19.8 Å². The van der Waals surface area contributed by atoms with Crippen LogP contribution in [0.1, 0.15) is 91.4 Å². The molecule has 7 atom stereocenters. The van der Waals surface area contributed by atoms with Crippen molar-refractivity contribution in [2.45, 2.75) is 110 Å². The second-order valence-electron chi connectivity index (χ2n) is 12.5. The summed E-state index contributed by atoms with van der Waals surface area (Å²) in [6.45, 7) is 7.32. The Morgan fingerprint density at radius 1 is 1.08 bits per heavy atom. The quantitative estimate of drug-likeness (QED) is 0.233. The molecule has 0 aromatic carbocycles. The fourth-order valence-electron chi connectivity index (χ4n) is 7.93. The molecule has 0 aromatic rings. The van der Waals surface area contributed by atoms with Crippen molar-refractivity contribution in [3.63, 3.8) is 0 Å². The van der Waals surface area contributed by atoms with E-state index < -0.39 is 28.3 Å². The SMILES string of the molecule is C[C@@H]1[C@@H](NC(=O)[C@H](CC2CCCCC2)NS(=O)(=O)N[C@@H](CCCCN)C(=O)O)C[C@@H]2C(C)(C)C23C[C@@H]13. The smallest absolute Gasteiger partial charge is 0.321 e. The lowest BCUT2D eigenvalue weighted by atomic mass is 9.84. The lowest BCUT2D eigenvalue weighted by Gasteiger charge is -2.32. The lowest BCUT2D eigenvalue weighted by molar-refractivity contribution is -0.139. The predicted molar refractivity (Wildman–Crippen MR) is 138 cm³/mol. The van der Waals surface area contributed by atoms with Crippen molar-refractivity contribution < 1.29 is 23.1 Å². The highest BCUT2D eigenvalue weighted by Gasteiger charge is 2.85. The van der Waals surface area contributed by atoms with Crippen LogP contribution in [0.2, 0.25) is 0 Å². The van der Waals surface area contributed by atoms with Crippen LogP contribution in [0, 0.1) is 34.5 Å². The van der Waals surface area contributed by atoms with Gasteiger partial charge in [-0.1, -0.05) is 59.3 Å². The third kappa shape index (κ3) is 5.47. The third-order valence-electron chi connectivity index (χ3n) is 10.2. The zero-order valence-electron chi connectivity index (χ0n) is 22.1. The molecule has 1 spiro atoms. The minimum Gasteiger partial charge on any atom is -0.480 e. The summed E-state index contributed by atoms with van der Waals surface area (Å²) in [5.41, 5.74) is 6.28. The van der Waals surface area contributed by atoms with Gasteiger partial charge in [0.25, 0.3) is 10.2 Å². The fourth-order valence-corrected chi connectivity index (χ4v) is 9.17. The standard InChI is InChI=1S/C26H46N4O5S/c1-16-18-15-26(18)22(25(26,2)3)14-20(16)28-23(31)21(13-17-9-5-4-6-10-17)30-36(34,35)29-19(24(32)33)11-7-8-12-27/h16-22,29-30H,4-15,27H2,1-3H3,(H,28,31)(H,32,33)/t16-,18-,19-,20-,21-,22+,26?/m0/s1. The number of hydrogen-bond acceptors (Lipinski definition) is 5. The Balaban J connectivity index is 1.42. The Bertz CT molecular complexity index is 935. The van der Waals surface area contributed by atoms with Crippen LogP contribution in [0.25, 0.3) is 0 Å². The fraction of sp³-hybridized carbons (Fsp3) is 0.923. The number of carbonyl (C=O) groups is 2. The first-order valence-electron chi connectivity index (χ1n) is 14.0. The van der Waals surface area contributed by atoms with Crippen LogP contribution in [0.15, 0.2) is 0 Å². The monoisotopic (exact) mass is 526 g/mol. The summed E-state index contributed by atoms with van der Waals surface area (Å²) in [6.07, 6.45) is 9.19. The molecule has 1 amide bonds. The highest BCUT2D eigenvalue weighted by molar-refractivity contribution is 7.87. The van der Waals surface area contributed by atoms with E-state index in [9.17, 15) is 23.1 Å². The first-order valence-corrected chi connectivity index (χ1v) is 15.4. The summed E-state index contributed by atoms with van der Waals surface area (Å²) in [5, 5.41) is 12.7. The molecular formula is C26H46N4O5S. The van der Waals surface area contributed by atoms with E-state index in [2.05, 4.69) is 35.5 Å². The molecule has 0 saturated heterocycles. The number of aliphatic carboxylic acids is 1. The van der Waals surface area contributed by atoms with Crippen molar-refractivity contribution in [1.29, 1.82) is 0 Å². The van der Waals surface area contributed by atoms with E-state index in [1.54, 1.807) is 0 Å². The third-order valence-corrected chi connectivity index (χ3v) is 11.4. The molecule has 4 fully saturated rings. The van der Waals surface area contributed by atoms with Gasteiger partial charge in [0, 0.05) is 6.04 Å². The van der Waals surface area contributed by atoms with Gasteiger partial charge in [-0.05, 0) is 73.2 Å². The molecule has 36 heavy (non-hydrogen) atoms. The summed E-state index contributed by atoms with van der Waals surface area (Å²) in [6, 6.07) is -2.14. The molecule has 4 aliphatic carbocycles. The van der Waals surface area contributed by atoms with Crippen molar-refractivity contribution >= 4 is 22.1 Å². The molecule has 4 rings (SSSR count). The topological polar surface area (TPSA) is 151 Å². The largest absolute Gasteiger partial charge is 0.480 e. The van der Waals surface area contributed by atoms with Crippen molar-refractivity contribution in [2.75, 3.05) is 6.54 Å². The van der Waals surface area contributed by atoms with E-state index >= 15 is 0 Å². The van der Waals surface area contributed by atoms with Gasteiger partial charge in [-0.25, -0.2) is 0 Å². The molecule has 0 radical (unpaired) electrons. The Hall–Kier alpha value is -1.23. The number of carboxylic acid groups (broad SMARTS) is 1. The van der Waals surface area contributed by atoms with Crippen molar-refractivity contribution in [3.8, 4) is 0 Å². The van der Waals surface area contributed by atoms with Gasteiger partial charge >= 0.3 is 5.97 Å². The van der Waals surface area contributed by atoms with E-state index in [0.29, 0.717) is 54.4 Å². The van der Waals surface area contributed by atoms with Gasteiger partial charge in [0.2, 0.25) is 5.91 Å². The molecule has 1 unspecified atom stereocenters. The summed E-state index contributed by atoms with van der Waals surface area (Å²) < 4.78 is 30.8. The maximum absolute atomic E-state index is 13.5. The average molecular weight is 527 g/mol. The molecule has 6 N–H and O–H groups in total. The number of nitrogens with one attached hydrogen (secondary N) is 3. The number of rotatable bonds is 13. The molecule has 9 nitrogen and oxygen atoms in total. The second kappa shape index (κ2) is 10.5. The second-order valence-corrected chi connectivity index (χ2v) is 14.0. The molecule has 0 aromatic heterocycles. The Labute approximate surface area is 216 Å². The van der Waals surface area contributed by atoms with Gasteiger partial charge in [0.05, 0.1) is 0 Å². The average Bonchev–Trinajstić information content (AvgIpc) is 3.67. The van der Waals surface area contributed by atoms with Gasteiger partial charge in [-0.2, -0.15) is 17.9 Å². The maximum Gasteiger partial charge on any atom is 0.321 e. The highest BCUT2D eigenvalue weighted by Crippen LogP contribution is 2.89. The molecule has 10 heteroatoms. The Morgan fingerprint density at radius 2 is 1.75 bits per heavy atom. The summed E-state index contributed by atoms with van der Waals surface area (Å²) in [4.78, 5) is 25.2. The molecule has 206 valence electrons. The van der Waals surface area contributed by atoms with Crippen LogP contribution in [0.3, 0.4) is 0 Å². The number of hydrogen-bond donors (Lipinski definition) is 5. The van der Waals surface area contributed by atoms with Gasteiger partial charge < -0.3 is 16.2 Å². The minimum atomic E-state index is -4.21. The zero-order valence-corrected chi connectivity index (χ0v) is 22.9. The van der Waals surface area contributed by atoms with E-state index in [0.717, 1.165) is 32.1 Å². The van der Waals surface area contributed by atoms with Gasteiger partial charge in [-0.3, -0.25) is 9.59 Å². The molecule has 0 heterocycles. The van der Waals surface area contributed by atoms with E-state index in [-0.39, 0.29) is 24.3 Å². The minimum absolute atomic E-state index is 0.0410. The predicted octanol–water partition coefficient (Wildman–Crippen LogP) is 2.52. The van der Waals surface area contributed by atoms with Crippen LogP contribution in [0.5, 0.6) is 0 Å². The number of unbranched alkanes of at least 4 members (excludes halogenated alkanes) is 1. The van der Waals surface area contributed by atoms with E-state index in [1.165, 1.54) is 12.8 Å². The molecular weight excluding hydrogens is 480 g/mol. The van der Waals surface area contributed by atoms with Gasteiger partial charge in [0.15, 0.2) is 0 Å². The summed E-state index contributed by atoms with van der Waals surface area (Å²) >= 11 is 0. The van der Waals surface area contributed by atoms with Gasteiger partial charge in [0.1, 0.15) is 12.1 Å². The van der Waals surface area contributed by atoms with Crippen molar-refractivity contribution in [2.24, 2.45) is 40.2 Å². The summed E-state index contributed by atoms with van der Waals surface area (Å²) in [5.74, 6) is 0.384. The molecule has 4 saturated carbocycles. The lowest BCUT2D eigenvalue weighted by Crippen LogP contribution is -2.56. The van der Waals surface area contributed by atoms with Gasteiger partial charge in [-0.15, -0.1) is 0 Å². The van der Waals surface area contributed by atoms with E-state index in [1.807, 2.05) is 0 Å². The van der Waals surface area contributed by atoms with Crippen LogP contribution in [-0.4, -0.2) is 50.1 Å². The first kappa shape index (κ1) is 27.8. The number of carbonyl (C=O) groups excluding carboxylic acids is 1. The van der Waals surface area contributed by atoms with Crippen LogP contribution < -0.4 is 20.5 Å². The molecule has 4 aliphatic rings. The van der Waals surface area contributed by atoms with Crippen molar-refractivity contribution in [1.82, 2.24) is 14.8 Å². The summed E-state index contributed by atoms with van der Waals surface area (Å²) in [7, 11) is -4.21. The van der Waals surface area contributed by atoms with Crippen molar-refractivity contribution in [3.05, 3.63) is 0 Å². The van der Waals surface area contributed by atoms with Crippen LogP contribution in [0.4, 0.5) is 0 Å². The Kier molecular flexibility index (Phi) is 8.11. The molecule has 0 aliphatic heterocycles. The Morgan fingerprint density at radius 3 is 2.39 bits per heavy atom. The number of amides is 1. The highest BCUT2D eigenvalue weighted by atomic mass is 32.2. The molecule has 0 bridgehead atoms. The van der Waals surface area contributed by atoms with Crippen LogP contribution >= 0.6 is 0 Å². The normalized spacial score (nSPS) is 34.7. The maximum atomic E-state index is 13.5. The van der Waals surface area contributed by atoms with E-state index in [4.69, 9.17) is 5.73 Å². The zero-order chi connectivity index (χ0) is 26.3. The number of nitrogens with two attached hydrogens (primary N) is 1.